The number of carbonyl (C=O) groups excluding carboxylic acids is 4. The van der Waals surface area contributed by atoms with Crippen LogP contribution in [0, 0.1) is 0 Å². The number of hydrogen-bond acceptors (Lipinski definition) is 10. The Morgan fingerprint density at radius 2 is 0.968 bits per heavy atom. The summed E-state index contributed by atoms with van der Waals surface area (Å²) >= 11 is 0. The average Bonchev–Trinajstić information content (AvgIpc) is 4.05. The number of urea groups is 2. The van der Waals surface area contributed by atoms with Gasteiger partial charge in [-0.25, -0.2) is 9.59 Å². The second-order valence-corrected chi connectivity index (χ2v) is 16.5. The zero-order valence-electron chi connectivity index (χ0n) is 38.5. The van der Waals surface area contributed by atoms with E-state index >= 15 is 0 Å². The van der Waals surface area contributed by atoms with Crippen molar-refractivity contribution in [1.82, 2.24) is 40.0 Å². The molecule has 0 aromatic heterocycles. The lowest BCUT2D eigenvalue weighted by Gasteiger charge is -2.39. The van der Waals surface area contributed by atoms with Crippen molar-refractivity contribution in [1.29, 1.82) is 0 Å². The largest absolute Gasteiger partial charge is 0.496 e. The van der Waals surface area contributed by atoms with E-state index in [9.17, 15) is 19.2 Å². The van der Waals surface area contributed by atoms with Gasteiger partial charge in [-0.15, -0.1) is 0 Å². The van der Waals surface area contributed by atoms with E-state index in [1.165, 1.54) is 0 Å². The molecule has 17 heteroatoms. The first-order chi connectivity index (χ1) is 30.1. The predicted molar refractivity (Wildman–Crippen MR) is 243 cm³/mol. The maximum atomic E-state index is 12.8. The molecule has 4 atom stereocenters. The Balaban J connectivity index is 0.000000272. The number of nitrogens with zero attached hydrogens (tertiary/aromatic N) is 6. The number of rotatable bonds is 16. The van der Waals surface area contributed by atoms with Gasteiger partial charge in [0.15, 0.2) is 0 Å². The molecule has 4 unspecified atom stereocenters. The van der Waals surface area contributed by atoms with Crippen LogP contribution >= 0.6 is 0 Å². The minimum Gasteiger partial charge on any atom is -0.496 e. The number of carbonyl (C=O) groups is 4. The molecule has 63 heavy (non-hydrogen) atoms. The molecule has 0 aliphatic carbocycles. The zero-order chi connectivity index (χ0) is 44.4. The molecule has 4 saturated heterocycles. The molecule has 6 amide bonds. The molecule has 4 fully saturated rings. The standard InChI is InChI=1S/2C23H36N4O4.H2O/c2*1-4-31-21-17-26(16-15-25(2)23(29)27-12-7-8-13-27)14-11-19(21)24-22(28)18-9-5-6-10-20(18)30-3;/h2*5-6,9-10,19,21H,4,7-8,11-17H2,1-3H3,(H,24,28);1H2. The Labute approximate surface area is 374 Å². The highest BCUT2D eigenvalue weighted by molar-refractivity contribution is 5.97. The van der Waals surface area contributed by atoms with Gasteiger partial charge in [0.2, 0.25) is 0 Å². The van der Waals surface area contributed by atoms with Gasteiger partial charge < -0.3 is 54.7 Å². The molecule has 4 aliphatic heterocycles. The minimum atomic E-state index is -0.142. The number of benzene rings is 2. The van der Waals surface area contributed by atoms with Crippen LogP contribution in [0.5, 0.6) is 11.5 Å². The van der Waals surface area contributed by atoms with Crippen LogP contribution < -0.4 is 20.1 Å². The molecule has 2 aromatic carbocycles. The highest BCUT2D eigenvalue weighted by atomic mass is 16.5. The van der Waals surface area contributed by atoms with E-state index in [2.05, 4.69) is 20.4 Å². The van der Waals surface area contributed by atoms with Crippen molar-refractivity contribution < 1.29 is 43.6 Å². The first-order valence-electron chi connectivity index (χ1n) is 22.6. The smallest absolute Gasteiger partial charge is 0.319 e. The Hall–Kier alpha value is -4.68. The fourth-order valence-electron chi connectivity index (χ4n) is 8.69. The number of likely N-dealkylation sites (tertiary alicyclic amines) is 4. The first-order valence-corrected chi connectivity index (χ1v) is 22.6. The normalized spacial score (nSPS) is 21.4. The summed E-state index contributed by atoms with van der Waals surface area (Å²) in [5.74, 6) is 0.847. The molecule has 2 aromatic rings. The third-order valence-corrected chi connectivity index (χ3v) is 12.3. The van der Waals surface area contributed by atoms with Crippen molar-refractivity contribution in [2.75, 3.05) is 120 Å². The number of nitrogens with one attached hydrogen (secondary N) is 2. The highest BCUT2D eigenvalue weighted by Crippen LogP contribution is 2.22. The van der Waals surface area contributed by atoms with Gasteiger partial charge in [-0.2, -0.15) is 0 Å². The molecule has 6 rings (SSSR count). The summed E-state index contributed by atoms with van der Waals surface area (Å²) in [6.07, 6.45) is 5.83. The maximum absolute atomic E-state index is 12.8. The SMILES string of the molecule is CCOC1CN(CCN(C)C(=O)N2CCCC2)CCC1NC(=O)c1ccccc1OC.CCOC1CN(CCN(C)C(=O)N2CCCC2)CCC1NC(=O)c1ccccc1OC.O. The molecular formula is C46H74N8O9. The monoisotopic (exact) mass is 883 g/mol. The van der Waals surface area contributed by atoms with Gasteiger partial charge in [0.25, 0.3) is 11.8 Å². The second kappa shape index (κ2) is 26.2. The van der Waals surface area contributed by atoms with Gasteiger partial charge in [0.05, 0.1) is 49.6 Å². The number of amides is 6. The molecule has 352 valence electrons. The van der Waals surface area contributed by atoms with Crippen LogP contribution in [0.4, 0.5) is 9.59 Å². The quantitative estimate of drug-likeness (QED) is 0.254. The summed E-state index contributed by atoms with van der Waals surface area (Å²) in [5, 5.41) is 6.29. The Kier molecular flexibility index (Phi) is 21.2. The molecule has 0 saturated carbocycles. The van der Waals surface area contributed by atoms with E-state index < -0.39 is 0 Å². The van der Waals surface area contributed by atoms with Gasteiger partial charge in [-0.1, -0.05) is 24.3 Å². The van der Waals surface area contributed by atoms with Crippen LogP contribution in [-0.2, 0) is 9.47 Å². The lowest BCUT2D eigenvalue weighted by Crippen LogP contribution is -2.56. The third kappa shape index (κ3) is 14.7. The molecule has 0 spiro atoms. The van der Waals surface area contributed by atoms with Crippen molar-refractivity contribution in [3.63, 3.8) is 0 Å². The molecule has 4 heterocycles. The number of methoxy groups -OCH3 is 2. The van der Waals surface area contributed by atoms with Crippen LogP contribution in [0.25, 0.3) is 0 Å². The predicted octanol–water partition coefficient (Wildman–Crippen LogP) is 3.28. The van der Waals surface area contributed by atoms with E-state index in [4.69, 9.17) is 18.9 Å². The zero-order valence-corrected chi connectivity index (χ0v) is 38.5. The Bertz CT molecular complexity index is 1600. The number of likely N-dealkylation sites (N-methyl/N-ethyl adjacent to an activating group) is 2. The maximum Gasteiger partial charge on any atom is 0.319 e. The van der Waals surface area contributed by atoms with Crippen LogP contribution in [-0.4, -0.2) is 203 Å². The minimum absolute atomic E-state index is 0. The van der Waals surface area contributed by atoms with Crippen LogP contribution in [0.2, 0.25) is 0 Å². The van der Waals surface area contributed by atoms with E-state index in [1.807, 2.05) is 71.8 Å². The Morgan fingerprint density at radius 3 is 1.32 bits per heavy atom. The molecule has 4 aliphatic rings. The molecule has 0 bridgehead atoms. The second-order valence-electron chi connectivity index (χ2n) is 16.5. The fourth-order valence-corrected chi connectivity index (χ4v) is 8.69. The number of hydrogen-bond donors (Lipinski definition) is 2. The van der Waals surface area contributed by atoms with E-state index in [-0.39, 0.29) is 53.6 Å². The summed E-state index contributed by atoms with van der Waals surface area (Å²) in [4.78, 5) is 62.8. The summed E-state index contributed by atoms with van der Waals surface area (Å²) < 4.78 is 22.6. The number of piperidine rings is 2. The van der Waals surface area contributed by atoms with Crippen LogP contribution in [0.3, 0.4) is 0 Å². The lowest BCUT2D eigenvalue weighted by atomic mass is 10.0. The summed E-state index contributed by atoms with van der Waals surface area (Å²) in [5.41, 5.74) is 1.06. The van der Waals surface area contributed by atoms with Gasteiger partial charge in [0.1, 0.15) is 11.5 Å². The number of para-hydroxylation sites is 2. The lowest BCUT2D eigenvalue weighted by molar-refractivity contribution is -0.0164. The first kappa shape index (κ1) is 51.0. The number of ether oxygens (including phenoxy) is 4. The summed E-state index contributed by atoms with van der Waals surface area (Å²) in [7, 11) is 6.89. The topological polar surface area (TPSA) is 180 Å². The van der Waals surface area contributed by atoms with E-state index in [1.54, 1.807) is 38.5 Å². The van der Waals surface area contributed by atoms with Crippen molar-refractivity contribution in [3.8, 4) is 11.5 Å². The molecule has 17 nitrogen and oxygen atoms in total. The van der Waals surface area contributed by atoms with Gasteiger partial charge in [0, 0.05) is 106 Å². The van der Waals surface area contributed by atoms with Crippen molar-refractivity contribution in [2.45, 2.75) is 76.7 Å². The molecule has 4 N–H and O–H groups in total. The van der Waals surface area contributed by atoms with E-state index in [0.29, 0.717) is 48.9 Å². The average molecular weight is 883 g/mol. The molecular weight excluding hydrogens is 809 g/mol. The highest BCUT2D eigenvalue weighted by Gasteiger charge is 2.34. The van der Waals surface area contributed by atoms with Gasteiger partial charge in [-0.3, -0.25) is 19.4 Å². The van der Waals surface area contributed by atoms with Crippen LogP contribution in [0.1, 0.15) is 73.1 Å². The summed E-state index contributed by atoms with van der Waals surface area (Å²) in [6.45, 7) is 14.7. The van der Waals surface area contributed by atoms with Crippen molar-refractivity contribution >= 4 is 23.9 Å². The third-order valence-electron chi connectivity index (χ3n) is 12.3. The summed E-state index contributed by atoms with van der Waals surface area (Å²) in [6, 6.07) is 14.6. The van der Waals surface area contributed by atoms with Crippen LogP contribution in [0.15, 0.2) is 48.5 Å². The van der Waals surface area contributed by atoms with E-state index in [0.717, 1.165) is 104 Å². The Morgan fingerprint density at radius 1 is 0.603 bits per heavy atom. The van der Waals surface area contributed by atoms with Gasteiger partial charge >= 0.3 is 12.1 Å². The van der Waals surface area contributed by atoms with Gasteiger partial charge in [-0.05, 0) is 76.6 Å². The fraction of sp³-hybridized carbons (Fsp3) is 0.652. The van der Waals surface area contributed by atoms with Crippen molar-refractivity contribution in [3.05, 3.63) is 59.7 Å². The molecule has 0 radical (unpaired) electrons. The van der Waals surface area contributed by atoms with Crippen molar-refractivity contribution in [2.24, 2.45) is 0 Å².